The molecule has 0 fully saturated rings. The third-order valence-corrected chi connectivity index (χ3v) is 5.91. The maximum Gasteiger partial charge on any atom is 0.0878 e. The van der Waals surface area contributed by atoms with Gasteiger partial charge >= 0.3 is 0 Å². The Morgan fingerprint density at radius 1 is 1.55 bits per heavy atom. The molecule has 11 heavy (non-hydrogen) atoms. The molecule has 0 amide bonds. The average Bonchev–Trinajstić information content (AvgIpc) is 2.06. The van der Waals surface area contributed by atoms with Crippen LogP contribution in [0.1, 0.15) is 26.2 Å². The van der Waals surface area contributed by atoms with E-state index in [1.54, 1.807) is 0 Å². The molecule has 1 aliphatic carbocycles. The third-order valence-electron chi connectivity index (χ3n) is 2.64. The van der Waals surface area contributed by atoms with Crippen molar-refractivity contribution in [1.82, 2.24) is 0 Å². The molecule has 0 saturated carbocycles. The molecule has 0 spiro atoms. The zero-order chi connectivity index (χ0) is 8.32. The van der Waals surface area contributed by atoms with E-state index in [-0.39, 0.29) is 0 Å². The first-order valence-corrected chi connectivity index (χ1v) is 6.79. The minimum absolute atomic E-state index is 0.484. The Hall–Kier alpha value is -0.0300. The number of allylic oxidation sites excluding steroid dienone is 2. The highest BCUT2D eigenvalue weighted by Crippen LogP contribution is 2.50. The highest BCUT2D eigenvalue weighted by molar-refractivity contribution is 7.63. The van der Waals surface area contributed by atoms with Crippen LogP contribution in [0, 0.1) is 0 Å². The van der Waals surface area contributed by atoms with E-state index < -0.39 is 7.14 Å². The van der Waals surface area contributed by atoms with Crippen LogP contribution in [0.4, 0.5) is 0 Å². The summed E-state index contributed by atoms with van der Waals surface area (Å²) < 4.78 is 11.9. The summed E-state index contributed by atoms with van der Waals surface area (Å²) in [5.41, 5.74) is 0.484. The summed E-state index contributed by atoms with van der Waals surface area (Å²) in [6, 6.07) is 0. The molecule has 0 bridgehead atoms. The summed E-state index contributed by atoms with van der Waals surface area (Å²) in [7, 11) is -1.80. The van der Waals surface area contributed by atoms with E-state index in [9.17, 15) is 4.57 Å². The van der Waals surface area contributed by atoms with Crippen LogP contribution >= 0.6 is 7.14 Å². The highest BCUT2D eigenvalue weighted by Gasteiger charge is 2.25. The molecule has 0 radical (unpaired) electrons. The second kappa shape index (κ2) is 3.58. The minimum Gasteiger partial charge on any atom is -0.324 e. The van der Waals surface area contributed by atoms with Crippen molar-refractivity contribution in [2.75, 3.05) is 12.8 Å². The van der Waals surface area contributed by atoms with Crippen LogP contribution in [0.15, 0.2) is 12.2 Å². The van der Waals surface area contributed by atoms with E-state index >= 15 is 0 Å². The Morgan fingerprint density at radius 2 is 2.27 bits per heavy atom. The fourth-order valence-corrected chi connectivity index (χ4v) is 3.31. The Morgan fingerprint density at radius 3 is 2.73 bits per heavy atom. The first-order chi connectivity index (χ1) is 5.17. The lowest BCUT2D eigenvalue weighted by molar-refractivity contribution is 0.560. The van der Waals surface area contributed by atoms with Crippen molar-refractivity contribution in [3.05, 3.63) is 12.2 Å². The molecule has 64 valence electrons. The predicted molar refractivity (Wildman–Crippen MR) is 50.9 cm³/mol. The van der Waals surface area contributed by atoms with Gasteiger partial charge in [-0.1, -0.05) is 19.1 Å². The Kier molecular flexibility index (Phi) is 2.95. The topological polar surface area (TPSA) is 17.1 Å². The smallest absolute Gasteiger partial charge is 0.0878 e. The van der Waals surface area contributed by atoms with E-state index in [1.807, 2.05) is 13.6 Å². The van der Waals surface area contributed by atoms with Crippen LogP contribution in [-0.2, 0) is 4.57 Å². The lowest BCUT2D eigenvalue weighted by atomic mass is 10.1. The average molecular weight is 172 g/mol. The monoisotopic (exact) mass is 172 g/mol. The van der Waals surface area contributed by atoms with Crippen LogP contribution in [0.3, 0.4) is 0 Å². The highest BCUT2D eigenvalue weighted by atomic mass is 31.2. The quantitative estimate of drug-likeness (QED) is 0.462. The van der Waals surface area contributed by atoms with Crippen molar-refractivity contribution >= 4 is 7.14 Å². The van der Waals surface area contributed by atoms with Gasteiger partial charge in [0.15, 0.2) is 0 Å². The molecule has 1 nitrogen and oxygen atoms in total. The fraction of sp³-hybridized carbons (Fsp3) is 0.778. The summed E-state index contributed by atoms with van der Waals surface area (Å²) in [6.07, 6.45) is 8.56. The van der Waals surface area contributed by atoms with Crippen molar-refractivity contribution in [3.63, 3.8) is 0 Å². The lowest BCUT2D eigenvalue weighted by Gasteiger charge is -2.24. The SMILES string of the molecule is CCP(C)(=O)C1CC=CCC1. The number of rotatable bonds is 2. The number of hydrogen-bond donors (Lipinski definition) is 0. The first-order valence-electron chi connectivity index (χ1n) is 4.38. The molecule has 0 aliphatic heterocycles. The van der Waals surface area contributed by atoms with E-state index in [0.717, 1.165) is 25.4 Å². The van der Waals surface area contributed by atoms with Crippen molar-refractivity contribution in [1.29, 1.82) is 0 Å². The molecular formula is C9H17OP. The molecule has 0 aromatic heterocycles. The van der Waals surface area contributed by atoms with Gasteiger partial charge in [-0.05, 0) is 32.1 Å². The van der Waals surface area contributed by atoms with Crippen molar-refractivity contribution in [2.45, 2.75) is 31.8 Å². The summed E-state index contributed by atoms with van der Waals surface area (Å²) in [4.78, 5) is 0. The summed E-state index contributed by atoms with van der Waals surface area (Å²) in [5, 5.41) is 0. The van der Waals surface area contributed by atoms with Gasteiger partial charge in [-0.3, -0.25) is 0 Å². The summed E-state index contributed by atoms with van der Waals surface area (Å²) >= 11 is 0. The van der Waals surface area contributed by atoms with Crippen LogP contribution in [0.25, 0.3) is 0 Å². The maximum atomic E-state index is 11.9. The molecule has 1 rings (SSSR count). The Labute approximate surface area is 69.3 Å². The van der Waals surface area contributed by atoms with Crippen LogP contribution in [-0.4, -0.2) is 18.5 Å². The van der Waals surface area contributed by atoms with Crippen LogP contribution in [0.5, 0.6) is 0 Å². The van der Waals surface area contributed by atoms with Gasteiger partial charge in [0, 0.05) is 5.66 Å². The van der Waals surface area contributed by atoms with Gasteiger partial charge in [-0.15, -0.1) is 0 Å². The largest absolute Gasteiger partial charge is 0.324 e. The molecule has 0 saturated heterocycles. The predicted octanol–water partition coefficient (Wildman–Crippen LogP) is 3.11. The molecule has 0 aromatic rings. The second-order valence-electron chi connectivity index (χ2n) is 3.43. The molecule has 2 atom stereocenters. The molecule has 0 N–H and O–H groups in total. The standard InChI is InChI=1S/C9H17OP/c1-3-11(2,10)9-7-5-4-6-8-9/h4-5,9H,3,6-8H2,1-2H3. The minimum atomic E-state index is -1.80. The molecule has 0 aromatic carbocycles. The molecular weight excluding hydrogens is 155 g/mol. The second-order valence-corrected chi connectivity index (χ2v) is 7.14. The Balaban J connectivity index is 2.60. The van der Waals surface area contributed by atoms with E-state index in [1.165, 1.54) is 0 Å². The van der Waals surface area contributed by atoms with E-state index in [4.69, 9.17) is 0 Å². The summed E-state index contributed by atoms with van der Waals surface area (Å²) in [5.74, 6) is 0. The normalized spacial score (nSPS) is 29.8. The molecule has 0 heterocycles. The van der Waals surface area contributed by atoms with Crippen LogP contribution in [0.2, 0.25) is 0 Å². The summed E-state index contributed by atoms with van der Waals surface area (Å²) in [6.45, 7) is 4.00. The zero-order valence-electron chi connectivity index (χ0n) is 7.42. The molecule has 2 heteroatoms. The number of hydrogen-bond acceptors (Lipinski definition) is 1. The first kappa shape index (κ1) is 9.06. The van der Waals surface area contributed by atoms with Gasteiger partial charge < -0.3 is 4.57 Å². The maximum absolute atomic E-state index is 11.9. The lowest BCUT2D eigenvalue weighted by Crippen LogP contribution is -2.10. The molecule has 2 unspecified atom stereocenters. The van der Waals surface area contributed by atoms with Gasteiger partial charge in [-0.25, -0.2) is 0 Å². The Bertz CT molecular complexity index is 196. The van der Waals surface area contributed by atoms with Crippen molar-refractivity contribution < 1.29 is 4.57 Å². The van der Waals surface area contributed by atoms with Crippen molar-refractivity contribution in [2.24, 2.45) is 0 Å². The van der Waals surface area contributed by atoms with Gasteiger partial charge in [0.2, 0.25) is 0 Å². The van der Waals surface area contributed by atoms with E-state index in [0.29, 0.717) is 5.66 Å². The fourth-order valence-electron chi connectivity index (χ4n) is 1.53. The molecule has 1 aliphatic rings. The van der Waals surface area contributed by atoms with Crippen LogP contribution < -0.4 is 0 Å². The zero-order valence-corrected chi connectivity index (χ0v) is 8.31. The van der Waals surface area contributed by atoms with Gasteiger partial charge in [-0.2, -0.15) is 0 Å². The van der Waals surface area contributed by atoms with Gasteiger partial charge in [0.05, 0.1) is 7.14 Å². The van der Waals surface area contributed by atoms with Crippen molar-refractivity contribution in [3.8, 4) is 0 Å². The third kappa shape index (κ3) is 2.20. The van der Waals surface area contributed by atoms with Gasteiger partial charge in [0.25, 0.3) is 0 Å². The van der Waals surface area contributed by atoms with Gasteiger partial charge in [0.1, 0.15) is 0 Å². The van der Waals surface area contributed by atoms with E-state index in [2.05, 4.69) is 12.2 Å².